The lowest BCUT2D eigenvalue weighted by atomic mass is 9.85. The van der Waals surface area contributed by atoms with Gasteiger partial charge in [-0.1, -0.05) is 54.7 Å². The van der Waals surface area contributed by atoms with Crippen LogP contribution in [0.15, 0.2) is 24.8 Å². The van der Waals surface area contributed by atoms with Crippen LogP contribution in [0.5, 0.6) is 5.75 Å². The van der Waals surface area contributed by atoms with Crippen LogP contribution in [0.2, 0.25) is 10.0 Å². The first kappa shape index (κ1) is 24.4. The van der Waals surface area contributed by atoms with Gasteiger partial charge in [0, 0.05) is 41.9 Å². The Morgan fingerprint density at radius 3 is 2.52 bits per heavy atom. The number of piperidine rings is 1. The van der Waals surface area contributed by atoms with Crippen molar-refractivity contribution in [2.45, 2.75) is 57.7 Å². The van der Waals surface area contributed by atoms with Gasteiger partial charge in [-0.2, -0.15) is 0 Å². The van der Waals surface area contributed by atoms with E-state index in [0.29, 0.717) is 29.0 Å². The van der Waals surface area contributed by atoms with Crippen molar-refractivity contribution in [1.82, 2.24) is 9.62 Å². The van der Waals surface area contributed by atoms with Crippen molar-refractivity contribution in [3.8, 4) is 5.75 Å². The highest BCUT2D eigenvalue weighted by Gasteiger charge is 2.32. The molecular formula is C22H32Cl2N2O2S. The van der Waals surface area contributed by atoms with E-state index in [1.807, 2.05) is 17.9 Å². The second-order valence-electron chi connectivity index (χ2n) is 8.29. The Morgan fingerprint density at radius 1 is 1.34 bits per heavy atom. The summed E-state index contributed by atoms with van der Waals surface area (Å²) in [4.78, 5) is 14.0. The van der Waals surface area contributed by atoms with Gasteiger partial charge in [0.15, 0.2) is 0 Å². The normalized spacial score (nSPS) is 16.6. The third-order valence-electron chi connectivity index (χ3n) is 4.90. The second kappa shape index (κ2) is 10.9. The molecule has 29 heavy (non-hydrogen) atoms. The van der Waals surface area contributed by atoms with E-state index in [-0.39, 0.29) is 16.7 Å². The number of hydrogen-bond acceptors (Lipinski definition) is 4. The molecule has 1 N–H and O–H groups in total. The fourth-order valence-corrected chi connectivity index (χ4v) is 4.55. The fourth-order valence-electron chi connectivity index (χ4n) is 3.42. The molecule has 1 aromatic rings. The molecule has 0 aliphatic carbocycles. The first-order valence-corrected chi connectivity index (χ1v) is 11.7. The zero-order valence-electron chi connectivity index (χ0n) is 17.8. The van der Waals surface area contributed by atoms with Crippen LogP contribution in [-0.2, 0) is 4.79 Å². The van der Waals surface area contributed by atoms with E-state index >= 15 is 0 Å². The molecule has 0 aromatic heterocycles. The highest BCUT2D eigenvalue weighted by Crippen LogP contribution is 2.41. The Kier molecular flexibility index (Phi) is 9.20. The van der Waals surface area contributed by atoms with Gasteiger partial charge >= 0.3 is 0 Å². The number of nitrogens with zero attached hydrogens (tertiary/aromatic N) is 1. The molecule has 7 heteroatoms. The second-order valence-corrected chi connectivity index (χ2v) is 10.8. The van der Waals surface area contributed by atoms with Crippen molar-refractivity contribution in [3.05, 3.63) is 40.4 Å². The minimum Gasteiger partial charge on any atom is -0.489 e. The lowest BCUT2D eigenvalue weighted by Gasteiger charge is -2.38. The Labute approximate surface area is 189 Å². The SMILES string of the molecule is C=CCOc1cc(Cl)c(Cl)cc1C(NSC(C)(C)C)C1CCN(C(=O)CC)CC1. The van der Waals surface area contributed by atoms with Gasteiger partial charge in [-0.3, -0.25) is 9.52 Å². The number of rotatable bonds is 8. The van der Waals surface area contributed by atoms with Crippen molar-refractivity contribution in [2.24, 2.45) is 5.92 Å². The first-order valence-electron chi connectivity index (χ1n) is 10.1. The average Bonchev–Trinajstić information content (AvgIpc) is 2.68. The maximum atomic E-state index is 12.1. The molecule has 4 nitrogen and oxygen atoms in total. The highest BCUT2D eigenvalue weighted by molar-refractivity contribution is 7.98. The molecule has 1 fully saturated rings. The van der Waals surface area contributed by atoms with Gasteiger partial charge in [0.25, 0.3) is 0 Å². The molecule has 0 saturated carbocycles. The summed E-state index contributed by atoms with van der Waals surface area (Å²) in [5, 5.41) is 0.985. The zero-order chi connectivity index (χ0) is 21.6. The van der Waals surface area contributed by atoms with Crippen LogP contribution in [0, 0.1) is 5.92 Å². The number of amides is 1. The lowest BCUT2D eigenvalue weighted by Crippen LogP contribution is -2.41. The van der Waals surface area contributed by atoms with Crippen LogP contribution < -0.4 is 9.46 Å². The van der Waals surface area contributed by atoms with Crippen molar-refractivity contribution < 1.29 is 9.53 Å². The molecule has 1 aliphatic heterocycles. The van der Waals surface area contributed by atoms with Gasteiger partial charge in [0.1, 0.15) is 12.4 Å². The lowest BCUT2D eigenvalue weighted by molar-refractivity contribution is -0.132. The quantitative estimate of drug-likeness (QED) is 0.367. The van der Waals surface area contributed by atoms with E-state index in [9.17, 15) is 4.79 Å². The molecule has 0 radical (unpaired) electrons. The monoisotopic (exact) mass is 458 g/mol. The highest BCUT2D eigenvalue weighted by atomic mass is 35.5. The number of likely N-dealkylation sites (tertiary alicyclic amines) is 1. The van der Waals surface area contributed by atoms with E-state index in [0.717, 1.165) is 37.2 Å². The Balaban J connectivity index is 2.32. The van der Waals surface area contributed by atoms with Crippen LogP contribution in [0.3, 0.4) is 0 Å². The number of nitrogens with one attached hydrogen (secondary N) is 1. The Hall–Kier alpha value is -0.880. The number of benzene rings is 1. The topological polar surface area (TPSA) is 41.6 Å². The third kappa shape index (κ3) is 7.09. The van der Waals surface area contributed by atoms with Crippen LogP contribution in [0.4, 0.5) is 0 Å². The summed E-state index contributed by atoms with van der Waals surface area (Å²) < 4.78 is 9.65. The molecule has 0 bridgehead atoms. The summed E-state index contributed by atoms with van der Waals surface area (Å²) in [6.07, 6.45) is 4.12. The number of hydrogen-bond donors (Lipinski definition) is 1. The van der Waals surface area contributed by atoms with E-state index in [4.69, 9.17) is 27.9 Å². The summed E-state index contributed by atoms with van der Waals surface area (Å²) in [6.45, 7) is 14.1. The number of ether oxygens (including phenoxy) is 1. The molecule has 1 heterocycles. The average molecular weight is 459 g/mol. The molecule has 0 spiro atoms. The van der Waals surface area contributed by atoms with Gasteiger partial charge < -0.3 is 9.64 Å². The largest absolute Gasteiger partial charge is 0.489 e. The standard InChI is InChI=1S/C22H32Cl2N2O2S/c1-6-12-28-19-14-18(24)17(23)13-16(19)21(25-29-22(3,4)5)15-8-10-26(11-9-15)20(27)7-2/h6,13-15,21,25H,1,7-12H2,2-5H3. The van der Waals surface area contributed by atoms with Crippen molar-refractivity contribution in [1.29, 1.82) is 0 Å². The van der Waals surface area contributed by atoms with Gasteiger partial charge in [-0.15, -0.1) is 0 Å². The number of halogens is 2. The Morgan fingerprint density at radius 2 is 1.97 bits per heavy atom. The number of carbonyl (C=O) groups excluding carboxylic acids is 1. The van der Waals surface area contributed by atoms with E-state index in [1.54, 1.807) is 24.1 Å². The predicted molar refractivity (Wildman–Crippen MR) is 125 cm³/mol. The molecule has 1 unspecified atom stereocenters. The van der Waals surface area contributed by atoms with E-state index in [2.05, 4.69) is 32.1 Å². The van der Waals surface area contributed by atoms with Crippen molar-refractivity contribution in [3.63, 3.8) is 0 Å². The van der Waals surface area contributed by atoms with Crippen LogP contribution >= 0.6 is 35.1 Å². The maximum absolute atomic E-state index is 12.1. The smallest absolute Gasteiger partial charge is 0.222 e. The maximum Gasteiger partial charge on any atom is 0.222 e. The molecule has 1 atom stereocenters. The van der Waals surface area contributed by atoms with Crippen LogP contribution in [-0.4, -0.2) is 35.3 Å². The summed E-state index contributed by atoms with van der Waals surface area (Å²) in [5.74, 6) is 1.30. The van der Waals surface area contributed by atoms with E-state index in [1.165, 1.54) is 0 Å². The minimum atomic E-state index is 0.0349. The summed E-state index contributed by atoms with van der Waals surface area (Å²) in [7, 11) is 0. The van der Waals surface area contributed by atoms with E-state index < -0.39 is 0 Å². The molecular weight excluding hydrogens is 427 g/mol. The molecule has 1 saturated heterocycles. The zero-order valence-corrected chi connectivity index (χ0v) is 20.1. The summed E-state index contributed by atoms with van der Waals surface area (Å²) >= 11 is 14.4. The summed E-state index contributed by atoms with van der Waals surface area (Å²) in [5.41, 5.74) is 0.998. The molecule has 1 aliphatic rings. The van der Waals surface area contributed by atoms with Crippen LogP contribution in [0.1, 0.15) is 58.6 Å². The number of carbonyl (C=O) groups is 1. The van der Waals surface area contributed by atoms with Crippen molar-refractivity contribution in [2.75, 3.05) is 19.7 Å². The first-order chi connectivity index (χ1) is 13.7. The molecule has 2 rings (SSSR count). The fraction of sp³-hybridized carbons (Fsp3) is 0.591. The van der Waals surface area contributed by atoms with Crippen molar-refractivity contribution >= 4 is 41.1 Å². The molecule has 162 valence electrons. The Bertz CT molecular complexity index is 713. The van der Waals surface area contributed by atoms with Gasteiger partial charge in [-0.05, 0) is 45.6 Å². The minimum absolute atomic E-state index is 0.0349. The molecule has 1 aromatic carbocycles. The van der Waals surface area contributed by atoms with Gasteiger partial charge in [0.2, 0.25) is 5.91 Å². The molecule has 1 amide bonds. The van der Waals surface area contributed by atoms with Crippen LogP contribution in [0.25, 0.3) is 0 Å². The predicted octanol–water partition coefficient (Wildman–Crippen LogP) is 6.28. The third-order valence-corrected chi connectivity index (χ3v) is 6.61. The van der Waals surface area contributed by atoms with Gasteiger partial charge in [-0.25, -0.2) is 0 Å². The summed E-state index contributed by atoms with van der Waals surface area (Å²) in [6, 6.07) is 3.73. The van der Waals surface area contributed by atoms with Gasteiger partial charge in [0.05, 0.1) is 10.0 Å².